The molecule has 31 heavy (non-hydrogen) atoms. The number of ketones is 1. The maximum absolute atomic E-state index is 15.0. The fraction of sp³-hybridized carbons (Fsp3) is 0.538. The van der Waals surface area contributed by atoms with E-state index in [2.05, 4.69) is 19.2 Å². The van der Waals surface area contributed by atoms with Gasteiger partial charge in [0.15, 0.2) is 5.78 Å². The lowest BCUT2D eigenvalue weighted by molar-refractivity contribution is -0.145. The van der Waals surface area contributed by atoms with Crippen molar-refractivity contribution in [2.75, 3.05) is 0 Å². The van der Waals surface area contributed by atoms with E-state index in [1.165, 1.54) is 6.07 Å². The first kappa shape index (κ1) is 21.8. The number of rotatable bonds is 3. The van der Waals surface area contributed by atoms with Gasteiger partial charge in [-0.3, -0.25) is 4.79 Å². The van der Waals surface area contributed by atoms with Gasteiger partial charge in [-0.05, 0) is 50.5 Å². The van der Waals surface area contributed by atoms with E-state index >= 15 is 0 Å². The minimum absolute atomic E-state index is 0.0285. The molecule has 5 heteroatoms. The summed E-state index contributed by atoms with van der Waals surface area (Å²) in [5.74, 6) is -1.61. The van der Waals surface area contributed by atoms with E-state index in [1.807, 2.05) is 6.92 Å². The third-order valence-electron chi connectivity index (χ3n) is 6.75. The molecule has 0 aromatic heterocycles. The average molecular weight is 426 g/mol. The fourth-order valence-electron chi connectivity index (χ4n) is 5.30. The zero-order valence-electron chi connectivity index (χ0n) is 18.7. The maximum Gasteiger partial charge on any atom is 0.337 e. The van der Waals surface area contributed by atoms with Crippen molar-refractivity contribution in [1.82, 2.24) is 5.32 Å². The molecule has 1 unspecified atom stereocenters. The van der Waals surface area contributed by atoms with Gasteiger partial charge in [0.05, 0.1) is 11.5 Å². The SMILES string of the molecule is CC1=C(C(=O)OC2CCCCCC2)C(c2ccccc2F)C2=C(CC(C)(C)CC2=O)N1. The van der Waals surface area contributed by atoms with Crippen LogP contribution < -0.4 is 5.32 Å². The quantitative estimate of drug-likeness (QED) is 0.499. The number of carbonyl (C=O) groups excluding carboxylic acids is 2. The molecule has 1 aromatic carbocycles. The summed E-state index contributed by atoms with van der Waals surface area (Å²) in [6.07, 6.45) is 7.08. The van der Waals surface area contributed by atoms with Crippen molar-refractivity contribution >= 4 is 11.8 Å². The molecule has 1 fully saturated rings. The number of esters is 1. The van der Waals surface area contributed by atoms with Crippen LogP contribution in [0.1, 0.15) is 83.6 Å². The summed E-state index contributed by atoms with van der Waals surface area (Å²) in [6, 6.07) is 6.44. The molecule has 1 atom stereocenters. The fourth-order valence-corrected chi connectivity index (χ4v) is 5.30. The number of hydrogen-bond donors (Lipinski definition) is 1. The lowest BCUT2D eigenvalue weighted by atomic mass is 9.68. The molecule has 1 aromatic rings. The Hall–Kier alpha value is -2.43. The van der Waals surface area contributed by atoms with Crippen molar-refractivity contribution in [3.63, 3.8) is 0 Å². The van der Waals surface area contributed by atoms with Gasteiger partial charge in [0.2, 0.25) is 0 Å². The molecule has 1 aliphatic heterocycles. The number of benzene rings is 1. The molecule has 1 saturated carbocycles. The van der Waals surface area contributed by atoms with Gasteiger partial charge in [-0.25, -0.2) is 9.18 Å². The molecule has 166 valence electrons. The molecule has 2 aliphatic carbocycles. The van der Waals surface area contributed by atoms with Crippen LogP contribution in [0.4, 0.5) is 4.39 Å². The van der Waals surface area contributed by atoms with Crippen molar-refractivity contribution < 1.29 is 18.7 Å². The Morgan fingerprint density at radius 1 is 1.10 bits per heavy atom. The summed E-state index contributed by atoms with van der Waals surface area (Å²) in [4.78, 5) is 26.7. The lowest BCUT2D eigenvalue weighted by Gasteiger charge is -2.39. The Kier molecular flexibility index (Phi) is 6.05. The predicted molar refractivity (Wildman–Crippen MR) is 118 cm³/mol. The van der Waals surface area contributed by atoms with Gasteiger partial charge in [0.1, 0.15) is 11.9 Å². The topological polar surface area (TPSA) is 55.4 Å². The van der Waals surface area contributed by atoms with E-state index < -0.39 is 17.7 Å². The molecule has 0 saturated heterocycles. The molecule has 3 aliphatic rings. The van der Waals surface area contributed by atoms with Crippen molar-refractivity contribution in [2.45, 2.75) is 84.2 Å². The van der Waals surface area contributed by atoms with Crippen molar-refractivity contribution in [3.8, 4) is 0 Å². The average Bonchev–Trinajstić information content (AvgIpc) is 2.95. The molecule has 0 spiro atoms. The molecule has 0 bridgehead atoms. The molecule has 1 N–H and O–H groups in total. The Morgan fingerprint density at radius 3 is 2.45 bits per heavy atom. The predicted octanol–water partition coefficient (Wildman–Crippen LogP) is 5.70. The van der Waals surface area contributed by atoms with Gasteiger partial charge in [-0.2, -0.15) is 0 Å². The highest BCUT2D eigenvalue weighted by Gasteiger charge is 2.44. The van der Waals surface area contributed by atoms with Crippen LogP contribution in [0.15, 0.2) is 46.8 Å². The third-order valence-corrected chi connectivity index (χ3v) is 6.75. The Morgan fingerprint density at radius 2 is 1.77 bits per heavy atom. The second kappa shape index (κ2) is 8.60. The van der Waals surface area contributed by atoms with Crippen LogP contribution in [-0.4, -0.2) is 17.9 Å². The normalized spacial score (nSPS) is 24.4. The minimum Gasteiger partial charge on any atom is -0.459 e. The molecule has 4 nitrogen and oxygen atoms in total. The van der Waals surface area contributed by atoms with Crippen LogP contribution in [0.25, 0.3) is 0 Å². The first-order chi connectivity index (χ1) is 14.8. The van der Waals surface area contributed by atoms with E-state index in [1.54, 1.807) is 18.2 Å². The summed E-state index contributed by atoms with van der Waals surface area (Å²) in [5, 5.41) is 3.32. The van der Waals surface area contributed by atoms with Gasteiger partial charge in [0, 0.05) is 29.0 Å². The van der Waals surface area contributed by atoms with E-state index in [0.29, 0.717) is 35.2 Å². The molecular weight excluding hydrogens is 393 g/mol. The largest absolute Gasteiger partial charge is 0.459 e. The number of hydrogen-bond acceptors (Lipinski definition) is 4. The van der Waals surface area contributed by atoms with Gasteiger partial charge < -0.3 is 10.1 Å². The zero-order valence-corrected chi connectivity index (χ0v) is 18.7. The number of allylic oxidation sites excluding steroid dienone is 3. The first-order valence-corrected chi connectivity index (χ1v) is 11.5. The van der Waals surface area contributed by atoms with Crippen LogP contribution >= 0.6 is 0 Å². The highest BCUT2D eigenvalue weighted by Crippen LogP contribution is 2.47. The number of nitrogens with one attached hydrogen (secondary N) is 1. The van der Waals surface area contributed by atoms with E-state index in [-0.39, 0.29) is 17.3 Å². The Bertz CT molecular complexity index is 951. The molecule has 0 radical (unpaired) electrons. The molecule has 1 heterocycles. The smallest absolute Gasteiger partial charge is 0.337 e. The van der Waals surface area contributed by atoms with Gasteiger partial charge in [-0.1, -0.05) is 44.9 Å². The molecule has 0 amide bonds. The van der Waals surface area contributed by atoms with Crippen LogP contribution in [0, 0.1) is 11.2 Å². The Labute approximate surface area is 183 Å². The van der Waals surface area contributed by atoms with Gasteiger partial charge in [-0.15, -0.1) is 0 Å². The summed E-state index contributed by atoms with van der Waals surface area (Å²) >= 11 is 0. The van der Waals surface area contributed by atoms with Crippen LogP contribution in [0.3, 0.4) is 0 Å². The van der Waals surface area contributed by atoms with Crippen molar-refractivity contribution in [2.24, 2.45) is 5.41 Å². The summed E-state index contributed by atoms with van der Waals surface area (Å²) in [7, 11) is 0. The van der Waals surface area contributed by atoms with Crippen LogP contribution in [-0.2, 0) is 14.3 Å². The highest BCUT2D eigenvalue weighted by molar-refractivity contribution is 6.04. The van der Waals surface area contributed by atoms with Gasteiger partial charge >= 0.3 is 5.97 Å². The molecule has 4 rings (SSSR count). The standard InChI is InChI=1S/C26H32FNO3/c1-16-22(25(30)31-17-10-6-4-5-7-11-17)23(18-12-8-9-13-19(18)27)24-20(28-16)14-26(2,3)15-21(24)29/h8-9,12-13,17,23,28H,4-7,10-11,14-15H2,1-3H3. The number of halogens is 1. The Balaban J connectivity index is 1.75. The number of dihydropyridines is 1. The highest BCUT2D eigenvalue weighted by atomic mass is 19.1. The summed E-state index contributed by atoms with van der Waals surface area (Å²) in [5.41, 5.74) is 2.51. The number of Topliss-reactive ketones (excluding diaryl/α,β-unsaturated/α-hetero) is 1. The van der Waals surface area contributed by atoms with E-state index in [9.17, 15) is 14.0 Å². The number of carbonyl (C=O) groups is 2. The second-order valence-electron chi connectivity index (χ2n) is 9.97. The summed E-state index contributed by atoms with van der Waals surface area (Å²) < 4.78 is 20.9. The van der Waals surface area contributed by atoms with Crippen LogP contribution in [0.5, 0.6) is 0 Å². The van der Waals surface area contributed by atoms with E-state index in [0.717, 1.165) is 44.2 Å². The monoisotopic (exact) mass is 425 g/mol. The minimum atomic E-state index is -0.737. The maximum atomic E-state index is 15.0. The third kappa shape index (κ3) is 4.46. The molecular formula is C26H32FNO3. The second-order valence-corrected chi connectivity index (χ2v) is 9.97. The van der Waals surface area contributed by atoms with Crippen molar-refractivity contribution in [3.05, 3.63) is 58.2 Å². The van der Waals surface area contributed by atoms with Crippen LogP contribution in [0.2, 0.25) is 0 Å². The lowest BCUT2D eigenvalue weighted by Crippen LogP contribution is -2.39. The van der Waals surface area contributed by atoms with Crippen molar-refractivity contribution in [1.29, 1.82) is 0 Å². The van der Waals surface area contributed by atoms with Gasteiger partial charge in [0.25, 0.3) is 0 Å². The number of ether oxygens (including phenoxy) is 1. The summed E-state index contributed by atoms with van der Waals surface area (Å²) in [6.45, 7) is 5.94. The van der Waals surface area contributed by atoms with E-state index in [4.69, 9.17) is 4.74 Å². The zero-order chi connectivity index (χ0) is 22.2. The first-order valence-electron chi connectivity index (χ1n) is 11.5.